The lowest BCUT2D eigenvalue weighted by Gasteiger charge is -2.09. The third-order valence-electron chi connectivity index (χ3n) is 3.51. The number of ether oxygens (including phenoxy) is 1. The molecule has 0 spiro atoms. The number of carbonyl (C=O) groups is 2. The molecule has 0 unspecified atom stereocenters. The van der Waals surface area contributed by atoms with Crippen molar-refractivity contribution in [1.82, 2.24) is 10.7 Å². The molecule has 29 heavy (non-hydrogen) atoms. The van der Waals surface area contributed by atoms with Gasteiger partial charge in [0, 0.05) is 28.1 Å². The first-order valence-electron chi connectivity index (χ1n) is 9.15. The van der Waals surface area contributed by atoms with E-state index in [2.05, 4.69) is 15.8 Å². The molecule has 154 valence electrons. The number of hydrogen-bond donors (Lipinski definition) is 2. The molecule has 0 radical (unpaired) electrons. The minimum Gasteiger partial charge on any atom is -0.484 e. The summed E-state index contributed by atoms with van der Waals surface area (Å²) in [6.07, 6.45) is 1.91. The number of thioether (sulfide) groups is 1. The molecule has 0 heterocycles. The molecule has 0 bridgehead atoms. The lowest BCUT2D eigenvalue weighted by Crippen LogP contribution is -2.34. The summed E-state index contributed by atoms with van der Waals surface area (Å²) in [6.45, 7) is 3.75. The van der Waals surface area contributed by atoms with Gasteiger partial charge in [-0.25, -0.2) is 5.43 Å². The molecule has 0 aliphatic heterocycles. The van der Waals surface area contributed by atoms with Crippen LogP contribution in [0.2, 0.25) is 5.02 Å². The predicted molar refractivity (Wildman–Crippen MR) is 118 cm³/mol. The molecular weight excluding hydrogens is 410 g/mol. The number of benzene rings is 2. The van der Waals surface area contributed by atoms with E-state index >= 15 is 0 Å². The van der Waals surface area contributed by atoms with E-state index in [4.69, 9.17) is 16.3 Å². The number of nitrogens with zero attached hydrogens (tertiary/aromatic N) is 1. The average molecular weight is 434 g/mol. The number of halogens is 1. The summed E-state index contributed by atoms with van der Waals surface area (Å²) in [7, 11) is 0. The first-order chi connectivity index (χ1) is 13.9. The Morgan fingerprint density at radius 1 is 1.10 bits per heavy atom. The van der Waals surface area contributed by atoms with Crippen molar-refractivity contribution in [3.8, 4) is 5.75 Å². The molecule has 0 aliphatic rings. The van der Waals surface area contributed by atoms with Crippen LogP contribution in [0.5, 0.6) is 5.75 Å². The van der Waals surface area contributed by atoms with E-state index in [-0.39, 0.29) is 24.5 Å². The van der Waals surface area contributed by atoms with Crippen LogP contribution in [0.3, 0.4) is 0 Å². The average Bonchev–Trinajstić information content (AvgIpc) is 2.68. The van der Waals surface area contributed by atoms with Crippen LogP contribution in [-0.2, 0) is 9.59 Å². The highest BCUT2D eigenvalue weighted by Gasteiger charge is 2.04. The zero-order valence-electron chi connectivity index (χ0n) is 16.4. The van der Waals surface area contributed by atoms with Crippen LogP contribution in [0.1, 0.15) is 25.8 Å². The summed E-state index contributed by atoms with van der Waals surface area (Å²) in [6, 6.07) is 14.7. The molecule has 2 aromatic carbocycles. The summed E-state index contributed by atoms with van der Waals surface area (Å²) in [4.78, 5) is 24.5. The fraction of sp³-hybridized carbons (Fsp3) is 0.286. The van der Waals surface area contributed by atoms with E-state index in [1.165, 1.54) is 0 Å². The van der Waals surface area contributed by atoms with E-state index in [9.17, 15) is 9.59 Å². The minimum absolute atomic E-state index is 0.0320. The largest absolute Gasteiger partial charge is 0.484 e. The smallest absolute Gasteiger partial charge is 0.258 e. The molecule has 0 fully saturated rings. The van der Waals surface area contributed by atoms with Crippen molar-refractivity contribution in [3.63, 3.8) is 0 Å². The standard InChI is InChI=1S/C21H24ClN3O3S/c1-15(2)24-21(27)14-28-18-7-3-16(4-8-18)13-23-25-20(26)11-12-29-19-9-5-17(22)6-10-19/h3-10,13,15H,11-12,14H2,1-2H3,(H,24,27)(H,25,26)/b23-13-. The molecule has 0 saturated carbocycles. The van der Waals surface area contributed by atoms with E-state index in [0.717, 1.165) is 10.5 Å². The molecule has 0 aromatic heterocycles. The molecule has 2 rings (SSSR count). The van der Waals surface area contributed by atoms with Crippen molar-refractivity contribution in [3.05, 3.63) is 59.1 Å². The van der Waals surface area contributed by atoms with Gasteiger partial charge in [0.25, 0.3) is 5.91 Å². The Kier molecular flexibility index (Phi) is 9.53. The zero-order chi connectivity index (χ0) is 21.1. The van der Waals surface area contributed by atoms with Gasteiger partial charge >= 0.3 is 0 Å². The maximum Gasteiger partial charge on any atom is 0.258 e. The molecule has 2 N–H and O–H groups in total. The van der Waals surface area contributed by atoms with Gasteiger partial charge in [0.1, 0.15) is 5.75 Å². The number of hydrazone groups is 1. The number of hydrogen-bond acceptors (Lipinski definition) is 5. The van der Waals surface area contributed by atoms with Crippen LogP contribution >= 0.6 is 23.4 Å². The molecule has 6 nitrogen and oxygen atoms in total. The van der Waals surface area contributed by atoms with Gasteiger partial charge in [-0.15, -0.1) is 11.8 Å². The molecule has 0 atom stereocenters. The van der Waals surface area contributed by atoms with E-state index in [0.29, 0.717) is 22.9 Å². The highest BCUT2D eigenvalue weighted by Crippen LogP contribution is 2.20. The Balaban J connectivity index is 1.67. The molecule has 8 heteroatoms. The van der Waals surface area contributed by atoms with Crippen LogP contribution in [0.25, 0.3) is 0 Å². The summed E-state index contributed by atoms with van der Waals surface area (Å²) >= 11 is 7.43. The van der Waals surface area contributed by atoms with E-state index in [1.54, 1.807) is 42.2 Å². The van der Waals surface area contributed by atoms with Crippen molar-refractivity contribution in [1.29, 1.82) is 0 Å². The fourth-order valence-corrected chi connectivity index (χ4v) is 3.17. The Labute approximate surface area is 180 Å². The Bertz CT molecular complexity index is 824. The second kappa shape index (κ2) is 12.1. The maximum atomic E-state index is 11.8. The van der Waals surface area contributed by atoms with Gasteiger partial charge in [0.05, 0.1) is 6.21 Å². The van der Waals surface area contributed by atoms with E-state index < -0.39 is 0 Å². The van der Waals surface area contributed by atoms with Gasteiger partial charge in [-0.2, -0.15) is 5.10 Å². The summed E-state index contributed by atoms with van der Waals surface area (Å²) in [5, 5.41) is 7.41. The van der Waals surface area contributed by atoms with Crippen molar-refractivity contribution in [2.24, 2.45) is 5.10 Å². The molecule has 0 saturated heterocycles. The minimum atomic E-state index is -0.164. The van der Waals surface area contributed by atoms with Gasteiger partial charge in [-0.05, 0) is 67.9 Å². The molecular formula is C21H24ClN3O3S. The third-order valence-corrected chi connectivity index (χ3v) is 4.78. The predicted octanol–water partition coefficient (Wildman–Crippen LogP) is 3.88. The van der Waals surface area contributed by atoms with Crippen molar-refractivity contribution >= 4 is 41.4 Å². The summed E-state index contributed by atoms with van der Waals surface area (Å²) in [5.41, 5.74) is 3.32. The summed E-state index contributed by atoms with van der Waals surface area (Å²) in [5.74, 6) is 0.921. The second-order valence-electron chi connectivity index (χ2n) is 6.43. The SMILES string of the molecule is CC(C)NC(=O)COc1ccc(/C=N\NC(=O)CCSc2ccc(Cl)cc2)cc1. The zero-order valence-corrected chi connectivity index (χ0v) is 17.9. The van der Waals surface area contributed by atoms with Crippen LogP contribution in [0, 0.1) is 0 Å². The topological polar surface area (TPSA) is 79.8 Å². The Morgan fingerprint density at radius 3 is 2.45 bits per heavy atom. The van der Waals surface area contributed by atoms with Crippen LogP contribution in [0.15, 0.2) is 58.5 Å². The molecule has 2 amide bonds. The Morgan fingerprint density at radius 2 is 1.79 bits per heavy atom. The lowest BCUT2D eigenvalue weighted by atomic mass is 10.2. The first kappa shape index (κ1) is 22.8. The van der Waals surface area contributed by atoms with Crippen LogP contribution < -0.4 is 15.5 Å². The van der Waals surface area contributed by atoms with Crippen LogP contribution in [-0.4, -0.2) is 36.4 Å². The van der Waals surface area contributed by atoms with Gasteiger partial charge in [0.2, 0.25) is 5.91 Å². The number of nitrogens with one attached hydrogen (secondary N) is 2. The van der Waals surface area contributed by atoms with Gasteiger partial charge in [0.15, 0.2) is 6.61 Å². The number of amides is 2. The quantitative estimate of drug-likeness (QED) is 0.338. The first-order valence-corrected chi connectivity index (χ1v) is 10.5. The van der Waals surface area contributed by atoms with Crippen molar-refractivity contribution < 1.29 is 14.3 Å². The highest BCUT2D eigenvalue weighted by atomic mass is 35.5. The van der Waals surface area contributed by atoms with Gasteiger partial charge in [-0.3, -0.25) is 9.59 Å². The number of carbonyl (C=O) groups excluding carboxylic acids is 2. The Hall–Kier alpha value is -2.51. The highest BCUT2D eigenvalue weighted by molar-refractivity contribution is 7.99. The van der Waals surface area contributed by atoms with Crippen molar-refractivity contribution in [2.45, 2.75) is 31.2 Å². The van der Waals surface area contributed by atoms with Gasteiger partial charge < -0.3 is 10.1 Å². The summed E-state index contributed by atoms with van der Waals surface area (Å²) < 4.78 is 5.42. The number of rotatable bonds is 10. The second-order valence-corrected chi connectivity index (χ2v) is 8.03. The van der Waals surface area contributed by atoms with Gasteiger partial charge in [-0.1, -0.05) is 11.6 Å². The lowest BCUT2D eigenvalue weighted by molar-refractivity contribution is -0.123. The van der Waals surface area contributed by atoms with E-state index in [1.807, 2.05) is 38.1 Å². The normalized spacial score (nSPS) is 10.9. The molecule has 0 aliphatic carbocycles. The molecule has 2 aromatic rings. The van der Waals surface area contributed by atoms with Crippen LogP contribution in [0.4, 0.5) is 0 Å². The monoisotopic (exact) mass is 433 g/mol. The third kappa shape index (κ3) is 9.49. The fourth-order valence-electron chi connectivity index (χ4n) is 2.19. The maximum absolute atomic E-state index is 11.8. The van der Waals surface area contributed by atoms with Crippen molar-refractivity contribution in [2.75, 3.05) is 12.4 Å².